The fourth-order valence-electron chi connectivity index (χ4n) is 3.32. The van der Waals surface area contributed by atoms with Crippen molar-refractivity contribution in [1.29, 1.82) is 0 Å². The van der Waals surface area contributed by atoms with Gasteiger partial charge < -0.3 is 20.6 Å². The predicted octanol–water partition coefficient (Wildman–Crippen LogP) is 3.75. The lowest BCUT2D eigenvalue weighted by atomic mass is 10.1. The summed E-state index contributed by atoms with van der Waals surface area (Å²) >= 11 is 0. The Bertz CT molecular complexity index is 1080. The molecule has 0 saturated heterocycles. The number of halogens is 2. The Labute approximate surface area is 185 Å². The quantitative estimate of drug-likeness (QED) is 0.183. The smallest absolute Gasteiger partial charge is 0.191 e. The molecule has 0 aliphatic rings. The summed E-state index contributed by atoms with van der Waals surface area (Å²) in [5.74, 6) is 1.47. The van der Waals surface area contributed by atoms with Gasteiger partial charge in [0.15, 0.2) is 5.96 Å². The molecule has 0 aliphatic carbocycles. The summed E-state index contributed by atoms with van der Waals surface area (Å²) in [5.41, 5.74) is 4.06. The molecule has 0 spiro atoms. The lowest BCUT2D eigenvalue weighted by molar-refractivity contribution is 0.629. The first-order valence-electron chi connectivity index (χ1n) is 9.36. The third-order valence-electron chi connectivity index (χ3n) is 4.73. The van der Waals surface area contributed by atoms with E-state index in [9.17, 15) is 4.39 Å². The summed E-state index contributed by atoms with van der Waals surface area (Å²) in [5, 5.41) is 7.53. The fourth-order valence-corrected chi connectivity index (χ4v) is 3.32. The molecule has 0 amide bonds. The van der Waals surface area contributed by atoms with E-state index in [1.165, 1.54) is 6.07 Å². The number of hydrogen-bond acceptors (Lipinski definition) is 2. The number of fused-ring (bicyclic) bond motifs is 2. The van der Waals surface area contributed by atoms with Crippen LogP contribution in [0.5, 0.6) is 0 Å². The maximum Gasteiger partial charge on any atom is 0.191 e. The van der Waals surface area contributed by atoms with Gasteiger partial charge >= 0.3 is 0 Å². The zero-order chi connectivity index (χ0) is 19.3. The monoisotopic (exact) mass is 506 g/mol. The van der Waals surface area contributed by atoms with Crippen molar-refractivity contribution >= 4 is 51.9 Å². The van der Waals surface area contributed by atoms with Crippen molar-refractivity contribution in [3.63, 3.8) is 0 Å². The van der Waals surface area contributed by atoms with Gasteiger partial charge in [0.05, 0.1) is 11.0 Å². The first-order chi connectivity index (χ1) is 13.7. The van der Waals surface area contributed by atoms with E-state index < -0.39 is 0 Å². The molecular formula is C21H24FIN6. The molecule has 4 N–H and O–H groups in total. The van der Waals surface area contributed by atoms with Crippen LogP contribution in [-0.2, 0) is 12.8 Å². The SMILES string of the molecule is CN=C(NCCc1nc2ccccc2[nH]1)NCCc1c[nH]c2ccc(F)cc12.I. The second-order valence-corrected chi connectivity index (χ2v) is 6.63. The third-order valence-corrected chi connectivity index (χ3v) is 4.73. The number of imidazole rings is 1. The highest BCUT2D eigenvalue weighted by Crippen LogP contribution is 2.19. The van der Waals surface area contributed by atoms with Crippen LogP contribution in [-0.4, -0.2) is 41.0 Å². The van der Waals surface area contributed by atoms with Gasteiger partial charge in [0.2, 0.25) is 0 Å². The highest BCUT2D eigenvalue weighted by Gasteiger charge is 2.06. The molecule has 2 aromatic heterocycles. The van der Waals surface area contributed by atoms with Crippen LogP contribution in [0.4, 0.5) is 4.39 Å². The first kappa shape index (κ1) is 21.1. The van der Waals surface area contributed by atoms with E-state index in [4.69, 9.17) is 0 Å². The Hall–Kier alpha value is -2.62. The summed E-state index contributed by atoms with van der Waals surface area (Å²) < 4.78 is 13.5. The van der Waals surface area contributed by atoms with Gasteiger partial charge in [-0.25, -0.2) is 9.37 Å². The fraction of sp³-hybridized carbons (Fsp3) is 0.238. The molecule has 29 heavy (non-hydrogen) atoms. The maximum absolute atomic E-state index is 13.5. The molecule has 6 nitrogen and oxygen atoms in total. The van der Waals surface area contributed by atoms with E-state index in [1.54, 1.807) is 19.2 Å². The number of benzene rings is 2. The first-order valence-corrected chi connectivity index (χ1v) is 9.36. The Kier molecular flexibility index (Phi) is 7.08. The van der Waals surface area contributed by atoms with Gasteiger partial charge in [-0.3, -0.25) is 4.99 Å². The lowest BCUT2D eigenvalue weighted by Gasteiger charge is -2.11. The molecule has 152 valence electrons. The Morgan fingerprint density at radius 2 is 1.86 bits per heavy atom. The molecule has 0 fully saturated rings. The molecule has 4 rings (SSSR count). The summed E-state index contributed by atoms with van der Waals surface area (Å²) in [7, 11) is 1.75. The molecule has 0 atom stereocenters. The molecule has 0 bridgehead atoms. The van der Waals surface area contributed by atoms with Gasteiger partial charge in [0, 0.05) is 43.7 Å². The minimum absolute atomic E-state index is 0. The molecule has 0 radical (unpaired) electrons. The zero-order valence-corrected chi connectivity index (χ0v) is 18.5. The molecule has 8 heteroatoms. The van der Waals surface area contributed by atoms with Crippen molar-refractivity contribution in [3.05, 3.63) is 65.9 Å². The van der Waals surface area contributed by atoms with Crippen molar-refractivity contribution in [2.24, 2.45) is 4.99 Å². The summed E-state index contributed by atoms with van der Waals surface area (Å²) in [4.78, 5) is 15.3. The standard InChI is InChI=1S/C21H23FN6.HI/c1-23-21(25-11-9-20-27-18-4-2-3-5-19(18)28-20)24-10-8-14-13-26-17-7-6-15(22)12-16(14)17;/h2-7,12-13,26H,8-11H2,1H3,(H,27,28)(H2,23,24,25);1H. The minimum atomic E-state index is -0.218. The normalized spacial score (nSPS) is 11.6. The lowest BCUT2D eigenvalue weighted by Crippen LogP contribution is -2.39. The third kappa shape index (κ3) is 5.06. The van der Waals surface area contributed by atoms with Crippen LogP contribution in [0.3, 0.4) is 0 Å². The average molecular weight is 506 g/mol. The number of rotatable bonds is 6. The van der Waals surface area contributed by atoms with Crippen LogP contribution in [0.25, 0.3) is 21.9 Å². The topological polar surface area (TPSA) is 80.9 Å². The number of para-hydroxylation sites is 2. The molecule has 0 saturated carbocycles. The summed E-state index contributed by atoms with van der Waals surface area (Å²) in [6.45, 7) is 1.42. The van der Waals surface area contributed by atoms with Crippen molar-refractivity contribution < 1.29 is 4.39 Å². The van der Waals surface area contributed by atoms with Crippen LogP contribution < -0.4 is 10.6 Å². The number of H-pyrrole nitrogens is 2. The molecular weight excluding hydrogens is 482 g/mol. The van der Waals surface area contributed by atoms with Gasteiger partial charge in [-0.1, -0.05) is 12.1 Å². The number of nitrogens with one attached hydrogen (secondary N) is 4. The predicted molar refractivity (Wildman–Crippen MR) is 127 cm³/mol. The van der Waals surface area contributed by atoms with Gasteiger partial charge in [-0.05, 0) is 42.3 Å². The second-order valence-electron chi connectivity index (χ2n) is 6.63. The van der Waals surface area contributed by atoms with E-state index in [-0.39, 0.29) is 29.8 Å². The minimum Gasteiger partial charge on any atom is -0.361 e. The van der Waals surface area contributed by atoms with E-state index in [0.717, 1.165) is 58.7 Å². The number of hydrogen-bond donors (Lipinski definition) is 4. The van der Waals surface area contributed by atoms with Gasteiger partial charge in [-0.15, -0.1) is 24.0 Å². The highest BCUT2D eigenvalue weighted by atomic mass is 127. The van der Waals surface area contributed by atoms with Crippen LogP contribution in [0, 0.1) is 5.82 Å². The van der Waals surface area contributed by atoms with E-state index in [0.29, 0.717) is 6.54 Å². The largest absolute Gasteiger partial charge is 0.361 e. The van der Waals surface area contributed by atoms with E-state index in [1.807, 2.05) is 30.5 Å². The summed E-state index contributed by atoms with van der Waals surface area (Å²) in [6.07, 6.45) is 3.48. The van der Waals surface area contributed by atoms with Crippen LogP contribution in [0.1, 0.15) is 11.4 Å². The van der Waals surface area contributed by atoms with Gasteiger partial charge in [-0.2, -0.15) is 0 Å². The molecule has 0 aliphatic heterocycles. The molecule has 0 unspecified atom stereocenters. The van der Waals surface area contributed by atoms with E-state index >= 15 is 0 Å². The van der Waals surface area contributed by atoms with Crippen molar-refractivity contribution in [3.8, 4) is 0 Å². The van der Waals surface area contributed by atoms with Crippen molar-refractivity contribution in [1.82, 2.24) is 25.6 Å². The van der Waals surface area contributed by atoms with Crippen molar-refractivity contribution in [2.75, 3.05) is 20.1 Å². The van der Waals surface area contributed by atoms with E-state index in [2.05, 4.69) is 30.6 Å². The highest BCUT2D eigenvalue weighted by molar-refractivity contribution is 14.0. The van der Waals surface area contributed by atoms with Gasteiger partial charge in [0.1, 0.15) is 11.6 Å². The average Bonchev–Trinajstić information content (AvgIpc) is 3.30. The Balaban J connectivity index is 0.00000240. The number of aromatic nitrogens is 3. The van der Waals surface area contributed by atoms with Crippen LogP contribution in [0.15, 0.2) is 53.7 Å². The van der Waals surface area contributed by atoms with Crippen LogP contribution in [0.2, 0.25) is 0 Å². The number of nitrogens with zero attached hydrogens (tertiary/aromatic N) is 2. The van der Waals surface area contributed by atoms with Crippen molar-refractivity contribution in [2.45, 2.75) is 12.8 Å². The second kappa shape index (κ2) is 9.73. The Morgan fingerprint density at radius 1 is 1.07 bits per heavy atom. The number of guanidine groups is 1. The molecule has 2 heterocycles. The number of aromatic amines is 2. The van der Waals surface area contributed by atoms with Crippen LogP contribution >= 0.6 is 24.0 Å². The maximum atomic E-state index is 13.5. The molecule has 4 aromatic rings. The Morgan fingerprint density at radius 3 is 2.66 bits per heavy atom. The van der Waals surface area contributed by atoms with Gasteiger partial charge in [0.25, 0.3) is 0 Å². The number of aliphatic imine (C=N–C) groups is 1. The molecule has 2 aromatic carbocycles. The zero-order valence-electron chi connectivity index (χ0n) is 16.1. The summed E-state index contributed by atoms with van der Waals surface area (Å²) in [6, 6.07) is 12.8.